The molecule has 650 valence electrons. The molecule has 28 nitrogen and oxygen atoms in total. The highest BCUT2D eigenvalue weighted by Gasteiger charge is 2.34. The second kappa shape index (κ2) is 47.7. The number of hydrogen-bond donors (Lipinski definition) is 6. The number of fused-ring (bicyclic) bond motifs is 3. The van der Waals surface area contributed by atoms with Crippen molar-refractivity contribution in [1.29, 1.82) is 0 Å². The second-order valence-corrected chi connectivity index (χ2v) is 38.1. The number of sulfonamides is 3. The zero-order chi connectivity index (χ0) is 84.9. The molecule has 6 aromatic carbocycles. The van der Waals surface area contributed by atoms with Crippen LogP contribution in [0.4, 0.5) is 14.4 Å². The third-order valence-electron chi connectivity index (χ3n) is 20.6. The van der Waals surface area contributed by atoms with E-state index in [9.17, 15) is 39.6 Å². The predicted molar refractivity (Wildman–Crippen MR) is 462 cm³/mol. The summed E-state index contributed by atoms with van der Waals surface area (Å²) in [4.78, 5) is 47.4. The fourth-order valence-electron chi connectivity index (χ4n) is 14.3. The molecule has 0 spiro atoms. The molecule has 3 aliphatic heterocycles. The number of benzene rings is 6. The number of likely N-dealkylation sites (N-methyl/N-ethyl adjacent to an activating group) is 6. The number of carbonyl (C=O) groups is 3. The molecular formula is C81H111Cl6N13O15S3. The summed E-state index contributed by atoms with van der Waals surface area (Å²) in [7, 11) is -0.986. The maximum absolute atomic E-state index is 13.7. The largest absolute Gasteiger partial charge is 0.378 e. The van der Waals surface area contributed by atoms with Gasteiger partial charge in [-0.25, -0.2) is 39.6 Å². The third kappa shape index (κ3) is 28.9. The minimum Gasteiger partial charge on any atom is -0.378 e. The van der Waals surface area contributed by atoms with Crippen molar-refractivity contribution in [2.45, 2.75) is 71.3 Å². The van der Waals surface area contributed by atoms with Gasteiger partial charge in [-0.2, -0.15) is 12.9 Å². The summed E-state index contributed by atoms with van der Waals surface area (Å²) in [6.07, 6.45) is 1.82. The molecule has 37 heteroatoms. The summed E-state index contributed by atoms with van der Waals surface area (Å²) in [5.41, 5.74) is 8.41. The number of rotatable bonds is 48. The van der Waals surface area contributed by atoms with Crippen LogP contribution < -0.4 is 31.9 Å². The van der Waals surface area contributed by atoms with Crippen LogP contribution in [0, 0.1) is 0 Å². The van der Waals surface area contributed by atoms with Gasteiger partial charge in [0.25, 0.3) is 0 Å². The Kier molecular flexibility index (Phi) is 38.8. The molecule has 6 N–H and O–H groups in total. The number of ether oxygens (including phenoxy) is 6. The van der Waals surface area contributed by atoms with Crippen molar-refractivity contribution < 1.29 is 68.1 Å². The molecule has 0 aromatic heterocycles. The summed E-state index contributed by atoms with van der Waals surface area (Å²) in [6, 6.07) is 30.7. The number of halogens is 6. The maximum atomic E-state index is 13.7. The van der Waals surface area contributed by atoms with Crippen molar-refractivity contribution in [3.05, 3.63) is 189 Å². The molecule has 0 saturated carbocycles. The first-order valence-corrected chi connectivity index (χ1v) is 46.0. The van der Waals surface area contributed by atoms with Gasteiger partial charge in [0.15, 0.2) is 0 Å². The smallest absolute Gasteiger partial charge is 0.314 e. The molecule has 6 aromatic rings. The molecule has 0 unspecified atom stereocenters. The Hall–Kier alpha value is -5.80. The molecule has 118 heavy (non-hydrogen) atoms. The fraction of sp³-hybridized carbons (Fsp3) is 0.519. The van der Waals surface area contributed by atoms with Gasteiger partial charge in [0.1, 0.15) is 0 Å². The van der Waals surface area contributed by atoms with E-state index in [0.29, 0.717) is 128 Å². The summed E-state index contributed by atoms with van der Waals surface area (Å²) in [5.74, 6) is -0.371. The van der Waals surface area contributed by atoms with E-state index in [4.69, 9.17) is 98.0 Å². The summed E-state index contributed by atoms with van der Waals surface area (Å²) < 4.78 is 120. The lowest BCUT2D eigenvalue weighted by molar-refractivity contribution is 0.0471. The Labute approximate surface area is 725 Å². The van der Waals surface area contributed by atoms with Crippen LogP contribution in [-0.2, 0) is 78.1 Å². The van der Waals surface area contributed by atoms with E-state index in [-0.39, 0.29) is 169 Å². The summed E-state index contributed by atoms with van der Waals surface area (Å²) >= 11 is 39.0. The monoisotopic (exact) mass is 1810 g/mol. The lowest BCUT2D eigenvalue weighted by atomic mass is 9.85. The van der Waals surface area contributed by atoms with E-state index < -0.39 is 30.1 Å². The number of amides is 6. The van der Waals surface area contributed by atoms with Crippen LogP contribution >= 0.6 is 69.6 Å². The van der Waals surface area contributed by atoms with Gasteiger partial charge in [0, 0.05) is 167 Å². The Bertz CT molecular complexity index is 4200. The van der Waals surface area contributed by atoms with Crippen LogP contribution in [-0.4, -0.2) is 296 Å². The highest BCUT2D eigenvalue weighted by molar-refractivity contribution is 7.89. The second-order valence-electron chi connectivity index (χ2n) is 29.4. The van der Waals surface area contributed by atoms with Gasteiger partial charge in [0.2, 0.25) is 30.1 Å². The van der Waals surface area contributed by atoms with Crippen LogP contribution in [0.2, 0.25) is 30.1 Å². The molecule has 3 heterocycles. The molecular weight excluding hydrogens is 1700 g/mol. The number of carbonyl (C=O) groups excluding carboxylic acids is 3. The Morgan fingerprint density at radius 1 is 0.356 bits per heavy atom. The van der Waals surface area contributed by atoms with E-state index in [0.717, 1.165) is 50.1 Å². The molecule has 0 fully saturated rings. The minimum absolute atomic E-state index is 0.115. The Balaban J connectivity index is 0.627. The molecule has 0 radical (unpaired) electrons. The van der Waals surface area contributed by atoms with Gasteiger partial charge < -0.3 is 79.9 Å². The van der Waals surface area contributed by atoms with Gasteiger partial charge in [-0.1, -0.05) is 106 Å². The van der Waals surface area contributed by atoms with E-state index in [1.54, 1.807) is 72.8 Å². The lowest BCUT2D eigenvalue weighted by Gasteiger charge is -2.33. The predicted octanol–water partition coefficient (Wildman–Crippen LogP) is 10.1. The van der Waals surface area contributed by atoms with Crippen molar-refractivity contribution in [2.24, 2.45) is 0 Å². The lowest BCUT2D eigenvalue weighted by Crippen LogP contribution is -2.41. The first-order chi connectivity index (χ1) is 56.5. The number of nitrogens with one attached hydrogen (secondary N) is 6. The zero-order valence-corrected chi connectivity index (χ0v) is 74.7. The minimum atomic E-state index is -3.84. The van der Waals surface area contributed by atoms with Crippen molar-refractivity contribution in [1.82, 2.24) is 64.4 Å². The topological polar surface area (TPSA) is 304 Å². The van der Waals surface area contributed by atoms with Gasteiger partial charge >= 0.3 is 18.1 Å². The van der Waals surface area contributed by atoms with Crippen molar-refractivity contribution in [2.75, 3.05) is 220 Å². The molecule has 0 saturated heterocycles. The van der Waals surface area contributed by atoms with Crippen LogP contribution in [0.15, 0.2) is 124 Å². The molecule has 3 aliphatic rings. The molecule has 6 amide bonds. The zero-order valence-electron chi connectivity index (χ0n) is 67.7. The normalized spacial score (nSPS) is 16.1. The number of urea groups is 3. The van der Waals surface area contributed by atoms with E-state index >= 15 is 0 Å². The SMILES string of the molecule is CN1Cc2c(Cl)cc(Cl)cc2[C@H](c2cccc(S(=O)(=O)N(C)CCOCCOCCNC(=O)NCCCN(CCCNC(=O)NCCOCCOCCN(C)S(=O)(=O)c3cccc([C@@H]4CN(C)Cc5c(Cl)cc(Cl)cc54)c3)CCCNC(=O)NCCOCCOCCN(C)S(=O)(=O)c3cccc([C@@H]4CN(C)Cc5c(Cl)cc(Cl)cc54)c3)c2)C1. The standard InChI is InChI=1S/C81H111Cl6N13O15S3/c1-94-52-70(67-46-61(82)49-76(85)73(67)55-94)58-13-7-16-64(43-58)116(104,105)97(4)28-34-113-40-37-110-31-22-91-79(101)88-19-10-25-100(26-11-20-89-80(102)92-23-32-111-38-41-114-35-29-98(5)117(106,107)65-17-8-14-59(44-65)71-53-95(2)56-74-68(71)47-62(83)50-77(74)86)27-12-21-90-81(103)93-24-33-112-39-42-115-36-30-99(6)118(108,109)66-18-9-15-60(45-66)72-54-96(3)57-75-69(72)48-63(84)51-78(75)87/h7-9,13-18,43-51,70-72H,10-12,19-42,52-57H2,1-6H3,(H2,88,91,101)(H2,89,92,102)(H2,90,93,103)/t70-,71-,72-/m0/s1. The van der Waals surface area contributed by atoms with Crippen molar-refractivity contribution in [3.63, 3.8) is 0 Å². The van der Waals surface area contributed by atoms with Gasteiger partial charge in [0.05, 0.1) is 94.0 Å². The van der Waals surface area contributed by atoms with Gasteiger partial charge in [-0.3, -0.25) is 0 Å². The third-order valence-corrected chi connectivity index (χ3v) is 27.8. The average Bonchev–Trinajstić information content (AvgIpc) is 0.778. The van der Waals surface area contributed by atoms with Crippen molar-refractivity contribution >= 4 is 118 Å². The molecule has 0 aliphatic carbocycles. The maximum Gasteiger partial charge on any atom is 0.314 e. The first-order valence-electron chi connectivity index (χ1n) is 39.4. The van der Waals surface area contributed by atoms with Crippen LogP contribution in [0.1, 0.15) is 87.1 Å². The van der Waals surface area contributed by atoms with Crippen LogP contribution in [0.3, 0.4) is 0 Å². The number of hydrogen-bond acceptors (Lipinski definition) is 19. The Morgan fingerprint density at radius 2 is 0.610 bits per heavy atom. The highest BCUT2D eigenvalue weighted by atomic mass is 35.5. The molecule has 0 bridgehead atoms. The van der Waals surface area contributed by atoms with Crippen molar-refractivity contribution in [3.8, 4) is 0 Å². The van der Waals surface area contributed by atoms with Crippen LogP contribution in [0.25, 0.3) is 0 Å². The summed E-state index contributed by atoms with van der Waals surface area (Å²) in [6.45, 7) is 10.4. The van der Waals surface area contributed by atoms with E-state index in [1.165, 1.54) is 34.1 Å². The van der Waals surface area contributed by atoms with Gasteiger partial charge in [-0.05, 0) is 183 Å². The highest BCUT2D eigenvalue weighted by Crippen LogP contribution is 2.43. The average molecular weight is 1820 g/mol. The fourth-order valence-corrected chi connectivity index (χ4v) is 19.6. The first kappa shape index (κ1) is 96.0. The van der Waals surface area contributed by atoms with Gasteiger partial charge in [-0.15, -0.1) is 0 Å². The van der Waals surface area contributed by atoms with E-state index in [2.05, 4.69) is 51.5 Å². The number of nitrogens with zero attached hydrogens (tertiary/aromatic N) is 7. The molecule has 3 atom stereocenters. The molecule has 9 rings (SSSR count). The Morgan fingerprint density at radius 3 is 0.881 bits per heavy atom. The summed E-state index contributed by atoms with van der Waals surface area (Å²) in [5, 5.41) is 20.3. The van der Waals surface area contributed by atoms with E-state index in [1.807, 2.05) is 57.5 Å². The van der Waals surface area contributed by atoms with Crippen LogP contribution in [0.5, 0.6) is 0 Å². The quantitative estimate of drug-likeness (QED) is 0.0194.